The molecule has 1 fully saturated rings. The first-order chi connectivity index (χ1) is 13.5. The first-order valence-corrected chi connectivity index (χ1v) is 10.1. The van der Waals surface area contributed by atoms with Crippen molar-refractivity contribution in [1.29, 1.82) is 0 Å². The van der Waals surface area contributed by atoms with Crippen molar-refractivity contribution in [1.82, 2.24) is 0 Å². The highest BCUT2D eigenvalue weighted by Gasteiger charge is 2.42. The predicted octanol–water partition coefficient (Wildman–Crippen LogP) is 6.73. The fourth-order valence-corrected chi connectivity index (χ4v) is 3.83. The molecule has 0 aliphatic heterocycles. The summed E-state index contributed by atoms with van der Waals surface area (Å²) < 4.78 is 0.992. The third kappa shape index (κ3) is 4.03. The quantitative estimate of drug-likeness (QED) is 0.435. The molecule has 1 aliphatic rings. The minimum Gasteiger partial charge on any atom is -0.478 e. The lowest BCUT2D eigenvalue weighted by Crippen LogP contribution is -2.06. The number of aliphatic imine (C=N–C) groups is 1. The van der Waals surface area contributed by atoms with E-state index >= 15 is 0 Å². The zero-order valence-corrected chi connectivity index (χ0v) is 17.2. The number of benzene rings is 3. The second-order valence-electron chi connectivity index (χ2n) is 6.83. The van der Waals surface area contributed by atoms with Gasteiger partial charge >= 0.3 is 5.97 Å². The molecule has 0 saturated heterocycles. The number of carboxylic acids is 1. The molecule has 140 valence electrons. The van der Waals surface area contributed by atoms with Crippen LogP contribution in [0.15, 0.2) is 82.3 Å². The molecule has 1 saturated carbocycles. The largest absolute Gasteiger partial charge is 0.478 e. The Kier molecular flexibility index (Phi) is 5.33. The Balaban J connectivity index is 1.75. The van der Waals surface area contributed by atoms with Crippen LogP contribution in [0.2, 0.25) is 5.02 Å². The van der Waals surface area contributed by atoms with Gasteiger partial charge in [0.1, 0.15) is 0 Å². The number of rotatable bonds is 5. The fourth-order valence-electron chi connectivity index (χ4n) is 3.44. The number of hydrogen-bond donors (Lipinski definition) is 1. The zero-order chi connectivity index (χ0) is 19.7. The van der Waals surface area contributed by atoms with Gasteiger partial charge in [-0.1, -0.05) is 63.9 Å². The van der Waals surface area contributed by atoms with Gasteiger partial charge < -0.3 is 5.11 Å². The number of aromatic carboxylic acids is 1. The molecule has 3 aromatic carbocycles. The van der Waals surface area contributed by atoms with Crippen molar-refractivity contribution in [2.75, 3.05) is 0 Å². The van der Waals surface area contributed by atoms with E-state index in [0.717, 1.165) is 27.2 Å². The van der Waals surface area contributed by atoms with Gasteiger partial charge in [-0.25, -0.2) is 4.79 Å². The number of carbonyl (C=O) groups is 1. The molecule has 0 amide bonds. The molecule has 0 bridgehead atoms. The predicted molar refractivity (Wildman–Crippen MR) is 116 cm³/mol. The van der Waals surface area contributed by atoms with Crippen LogP contribution < -0.4 is 0 Å². The maximum absolute atomic E-state index is 11.6. The third-order valence-corrected chi connectivity index (χ3v) is 5.74. The number of para-hydroxylation sites is 1. The summed E-state index contributed by atoms with van der Waals surface area (Å²) >= 11 is 9.49. The van der Waals surface area contributed by atoms with Crippen molar-refractivity contribution in [3.63, 3.8) is 0 Å². The molecule has 0 spiro atoms. The first-order valence-electron chi connectivity index (χ1n) is 8.95. The molecule has 2 atom stereocenters. The van der Waals surface area contributed by atoms with Crippen molar-refractivity contribution >= 4 is 44.9 Å². The average Bonchev–Trinajstić information content (AvgIpc) is 3.48. The summed E-state index contributed by atoms with van der Waals surface area (Å²) in [5, 5.41) is 10.2. The van der Waals surface area contributed by atoms with Gasteiger partial charge in [0.2, 0.25) is 0 Å². The van der Waals surface area contributed by atoms with Crippen molar-refractivity contribution in [3.8, 4) is 0 Å². The van der Waals surface area contributed by atoms with Crippen LogP contribution in [0.5, 0.6) is 0 Å². The number of nitrogens with zero attached hydrogens (tertiary/aromatic N) is 1. The van der Waals surface area contributed by atoms with Crippen molar-refractivity contribution in [3.05, 3.63) is 99.0 Å². The minimum atomic E-state index is -0.973. The van der Waals surface area contributed by atoms with E-state index in [2.05, 4.69) is 28.1 Å². The number of hydrogen-bond acceptors (Lipinski definition) is 2. The molecule has 3 aromatic rings. The van der Waals surface area contributed by atoms with Gasteiger partial charge in [-0.15, -0.1) is 0 Å². The third-order valence-electron chi connectivity index (χ3n) is 4.96. The smallest absolute Gasteiger partial charge is 0.337 e. The van der Waals surface area contributed by atoms with Crippen molar-refractivity contribution in [2.45, 2.75) is 12.3 Å². The number of halogens is 2. The molecule has 28 heavy (non-hydrogen) atoms. The topological polar surface area (TPSA) is 49.7 Å². The van der Waals surface area contributed by atoms with Crippen LogP contribution in [-0.4, -0.2) is 16.8 Å². The Morgan fingerprint density at radius 1 is 1.00 bits per heavy atom. The summed E-state index contributed by atoms with van der Waals surface area (Å²) in [5.41, 5.74) is 3.84. The lowest BCUT2D eigenvalue weighted by atomic mass is 10.0. The highest BCUT2D eigenvalue weighted by atomic mass is 79.9. The Morgan fingerprint density at radius 2 is 1.68 bits per heavy atom. The normalized spacial score (nSPS) is 18.7. The highest BCUT2D eigenvalue weighted by molar-refractivity contribution is 9.10. The Labute approximate surface area is 176 Å². The second kappa shape index (κ2) is 7.90. The van der Waals surface area contributed by atoms with Crippen LogP contribution in [-0.2, 0) is 0 Å². The van der Waals surface area contributed by atoms with Crippen LogP contribution in [0, 0.1) is 5.92 Å². The Morgan fingerprint density at radius 3 is 2.36 bits per heavy atom. The van der Waals surface area contributed by atoms with Gasteiger partial charge in [-0.3, -0.25) is 4.99 Å². The lowest BCUT2D eigenvalue weighted by Gasteiger charge is -2.09. The van der Waals surface area contributed by atoms with Gasteiger partial charge in [0.15, 0.2) is 0 Å². The molecular formula is C23H17BrClNO2. The van der Waals surface area contributed by atoms with Crippen LogP contribution in [0.3, 0.4) is 0 Å². The van der Waals surface area contributed by atoms with Gasteiger partial charge in [0.25, 0.3) is 0 Å². The summed E-state index contributed by atoms with van der Waals surface area (Å²) in [5.74, 6) is -0.375. The van der Waals surface area contributed by atoms with E-state index in [4.69, 9.17) is 16.6 Å². The molecule has 0 radical (unpaired) electrons. The summed E-state index contributed by atoms with van der Waals surface area (Å²) in [6.45, 7) is 0. The van der Waals surface area contributed by atoms with Gasteiger partial charge in [-0.2, -0.15) is 0 Å². The Hall–Kier alpha value is -2.43. The van der Waals surface area contributed by atoms with Gasteiger partial charge in [-0.05, 0) is 59.9 Å². The monoisotopic (exact) mass is 453 g/mol. The molecule has 0 heterocycles. The van der Waals surface area contributed by atoms with E-state index in [1.54, 1.807) is 18.2 Å². The summed E-state index contributed by atoms with van der Waals surface area (Å²) in [6.07, 6.45) is 0.978. The SMILES string of the molecule is O=C(O)c1ccccc1N=C(c1ccc(Br)cc1)C1CC1c1ccc(Cl)cc1. The molecule has 5 heteroatoms. The summed E-state index contributed by atoms with van der Waals surface area (Å²) in [7, 11) is 0. The molecule has 1 N–H and O–H groups in total. The van der Waals surface area contributed by atoms with Crippen LogP contribution in [0.1, 0.15) is 33.8 Å². The molecule has 4 rings (SSSR count). The van der Waals surface area contributed by atoms with Gasteiger partial charge in [0.05, 0.1) is 17.0 Å². The highest BCUT2D eigenvalue weighted by Crippen LogP contribution is 2.50. The minimum absolute atomic E-state index is 0.209. The summed E-state index contributed by atoms with van der Waals surface area (Å²) in [6, 6.07) is 22.8. The van der Waals surface area contributed by atoms with Crippen molar-refractivity contribution in [2.24, 2.45) is 10.9 Å². The standard InChI is InChI=1S/C23H17BrClNO2/c24-16-9-5-15(6-10-16)22(26-21-4-2-1-3-18(21)23(27)28)20-13-19(20)14-7-11-17(25)12-8-14/h1-12,19-20H,13H2,(H,27,28). The Bertz CT molecular complexity index is 1040. The molecule has 3 nitrogen and oxygen atoms in total. The van der Waals surface area contributed by atoms with Crippen molar-refractivity contribution < 1.29 is 9.90 Å². The lowest BCUT2D eigenvalue weighted by molar-refractivity contribution is 0.0698. The maximum atomic E-state index is 11.6. The van der Waals surface area contributed by atoms with Crippen LogP contribution in [0.4, 0.5) is 5.69 Å². The van der Waals surface area contributed by atoms with E-state index < -0.39 is 5.97 Å². The van der Waals surface area contributed by atoms with E-state index in [1.165, 1.54) is 5.56 Å². The van der Waals surface area contributed by atoms with E-state index in [0.29, 0.717) is 11.6 Å². The van der Waals surface area contributed by atoms with Gasteiger partial charge in [0, 0.05) is 15.4 Å². The van der Waals surface area contributed by atoms with E-state index in [9.17, 15) is 9.90 Å². The summed E-state index contributed by atoms with van der Waals surface area (Å²) in [4.78, 5) is 16.4. The molecular weight excluding hydrogens is 438 g/mol. The first kappa shape index (κ1) is 18.9. The molecule has 1 aliphatic carbocycles. The van der Waals surface area contributed by atoms with Crippen LogP contribution in [0.25, 0.3) is 0 Å². The molecule has 2 unspecified atom stereocenters. The van der Waals surface area contributed by atoms with E-state index in [1.807, 2.05) is 42.5 Å². The zero-order valence-electron chi connectivity index (χ0n) is 14.8. The maximum Gasteiger partial charge on any atom is 0.337 e. The molecule has 0 aromatic heterocycles. The second-order valence-corrected chi connectivity index (χ2v) is 8.18. The number of carboxylic acid groups (broad SMARTS) is 1. The van der Waals surface area contributed by atoms with E-state index in [-0.39, 0.29) is 11.5 Å². The average molecular weight is 455 g/mol. The fraction of sp³-hybridized carbons (Fsp3) is 0.130. The van der Waals surface area contributed by atoms with Crippen LogP contribution >= 0.6 is 27.5 Å².